The van der Waals surface area contributed by atoms with Crippen LogP contribution in [0.1, 0.15) is 71.6 Å². The van der Waals surface area contributed by atoms with Gasteiger partial charge < -0.3 is 14.6 Å². The first-order valence-corrected chi connectivity index (χ1v) is 11.2. The topological polar surface area (TPSA) is 42.0 Å². The molecule has 0 bridgehead atoms. The molecule has 0 aromatic carbocycles. The number of methoxy groups -OCH3 is 1. The Kier molecular flexibility index (Phi) is 4.10. The minimum Gasteiger partial charge on any atom is -0.387 e. The molecule has 0 radical (unpaired) electrons. The van der Waals surface area contributed by atoms with E-state index in [9.17, 15) is 5.11 Å². The van der Waals surface area contributed by atoms with E-state index in [0.29, 0.717) is 12.0 Å². The molecular formula is C23H38O3. The molecule has 1 N–H and O–H groups in total. The van der Waals surface area contributed by atoms with Crippen LogP contribution in [0.2, 0.25) is 0 Å². The van der Waals surface area contributed by atoms with Gasteiger partial charge in [-0.2, -0.15) is 0 Å². The highest BCUT2D eigenvalue weighted by atomic mass is 16.6. The molecule has 5 rings (SSSR count). The van der Waals surface area contributed by atoms with Crippen molar-refractivity contribution in [2.75, 3.05) is 20.3 Å². The van der Waals surface area contributed by atoms with Crippen molar-refractivity contribution in [3.8, 4) is 0 Å². The highest BCUT2D eigenvalue weighted by Gasteiger charge is 2.63. The Balaban J connectivity index is 1.33. The quantitative estimate of drug-likeness (QED) is 0.756. The fourth-order valence-corrected chi connectivity index (χ4v) is 8.68. The standard InChI is InChI=1S/C23H38O3/c1-21-10-8-17-16-9-11-23(24,14-25-3)12-15(16)4-5-18(17)19(21)6-7-20(21)22(2)13-26-22/h15-20,24H,4-14H2,1-3H3/t15-,16+,17-,18-,19+,20+,21+,22?,23-/m1/s1. The van der Waals surface area contributed by atoms with Crippen LogP contribution in [0.25, 0.3) is 0 Å². The molecule has 148 valence electrons. The van der Waals surface area contributed by atoms with Crippen LogP contribution in [-0.2, 0) is 9.47 Å². The number of epoxide rings is 1. The third kappa shape index (κ3) is 2.56. The van der Waals surface area contributed by atoms with Gasteiger partial charge in [0.05, 0.1) is 24.4 Å². The van der Waals surface area contributed by atoms with E-state index in [0.717, 1.165) is 55.0 Å². The van der Waals surface area contributed by atoms with Crippen molar-refractivity contribution in [3.05, 3.63) is 0 Å². The molecule has 1 saturated heterocycles. The van der Waals surface area contributed by atoms with Crippen LogP contribution < -0.4 is 0 Å². The summed E-state index contributed by atoms with van der Waals surface area (Å²) in [5.41, 5.74) is 0.169. The Morgan fingerprint density at radius 2 is 1.73 bits per heavy atom. The zero-order chi connectivity index (χ0) is 18.2. The summed E-state index contributed by atoms with van der Waals surface area (Å²) in [6, 6.07) is 0. The van der Waals surface area contributed by atoms with E-state index in [2.05, 4.69) is 13.8 Å². The molecule has 5 fully saturated rings. The van der Waals surface area contributed by atoms with Gasteiger partial charge in [0, 0.05) is 7.11 Å². The Hall–Kier alpha value is -0.120. The average Bonchev–Trinajstić information content (AvgIpc) is 3.23. The molecule has 1 heterocycles. The van der Waals surface area contributed by atoms with Gasteiger partial charge in [-0.3, -0.25) is 0 Å². The molecule has 3 heteroatoms. The fourth-order valence-electron chi connectivity index (χ4n) is 8.68. The van der Waals surface area contributed by atoms with E-state index in [1.165, 1.54) is 44.9 Å². The smallest absolute Gasteiger partial charge is 0.0921 e. The molecule has 0 aromatic rings. The van der Waals surface area contributed by atoms with E-state index in [1.54, 1.807) is 7.11 Å². The summed E-state index contributed by atoms with van der Waals surface area (Å²) in [5, 5.41) is 10.9. The van der Waals surface area contributed by atoms with Crippen molar-refractivity contribution < 1.29 is 14.6 Å². The first-order chi connectivity index (χ1) is 12.4. The van der Waals surface area contributed by atoms with Crippen LogP contribution in [-0.4, -0.2) is 36.6 Å². The van der Waals surface area contributed by atoms with Gasteiger partial charge in [-0.15, -0.1) is 0 Å². The lowest BCUT2D eigenvalue weighted by molar-refractivity contribution is -0.126. The lowest BCUT2D eigenvalue weighted by Gasteiger charge is -2.57. The molecule has 1 aliphatic heterocycles. The van der Waals surface area contributed by atoms with Gasteiger partial charge in [0.15, 0.2) is 0 Å². The first kappa shape index (κ1) is 17.9. The average molecular weight is 363 g/mol. The number of rotatable bonds is 3. The van der Waals surface area contributed by atoms with Gasteiger partial charge >= 0.3 is 0 Å². The molecule has 3 nitrogen and oxygen atoms in total. The number of ether oxygens (including phenoxy) is 2. The second kappa shape index (κ2) is 5.94. The van der Waals surface area contributed by atoms with E-state index in [4.69, 9.17) is 9.47 Å². The van der Waals surface area contributed by atoms with Gasteiger partial charge in [0.25, 0.3) is 0 Å². The number of hydrogen-bond donors (Lipinski definition) is 1. The largest absolute Gasteiger partial charge is 0.387 e. The lowest BCUT2D eigenvalue weighted by atomic mass is 9.48. The molecule has 0 spiro atoms. The normalized spacial score (nSPS) is 58.6. The molecule has 5 aliphatic rings. The highest BCUT2D eigenvalue weighted by molar-refractivity contribution is 5.12. The first-order valence-electron chi connectivity index (χ1n) is 11.2. The van der Waals surface area contributed by atoms with E-state index in [1.807, 2.05) is 0 Å². The maximum Gasteiger partial charge on any atom is 0.0921 e. The predicted molar refractivity (Wildman–Crippen MR) is 102 cm³/mol. The SMILES string of the molecule is COC[C@@]1(O)CC[C@H]2[C@H](CC[C@@H]3[C@@H]2CC[C@]2(C)[C@@H](C4(C)CO4)CC[C@@H]32)C1. The van der Waals surface area contributed by atoms with Crippen LogP contribution in [0.4, 0.5) is 0 Å². The third-order valence-corrected chi connectivity index (χ3v) is 9.85. The predicted octanol–water partition coefficient (Wildman–Crippen LogP) is 4.42. The van der Waals surface area contributed by atoms with Gasteiger partial charge in [0.1, 0.15) is 0 Å². The van der Waals surface area contributed by atoms with E-state index < -0.39 is 5.60 Å². The van der Waals surface area contributed by atoms with Crippen molar-refractivity contribution in [1.29, 1.82) is 0 Å². The van der Waals surface area contributed by atoms with Gasteiger partial charge in [0.2, 0.25) is 0 Å². The van der Waals surface area contributed by atoms with Gasteiger partial charge in [-0.05, 0) is 106 Å². The minimum absolute atomic E-state index is 0.203. The third-order valence-electron chi connectivity index (χ3n) is 9.85. The highest BCUT2D eigenvalue weighted by Crippen LogP contribution is 2.67. The Bertz CT molecular complexity index is 558. The molecular weight excluding hydrogens is 324 g/mol. The maximum atomic E-state index is 10.9. The van der Waals surface area contributed by atoms with Gasteiger partial charge in [-0.1, -0.05) is 6.92 Å². The summed E-state index contributed by atoms with van der Waals surface area (Å²) < 4.78 is 11.3. The Morgan fingerprint density at radius 3 is 2.46 bits per heavy atom. The Labute approximate surface area is 159 Å². The second-order valence-corrected chi connectivity index (χ2v) is 11.1. The van der Waals surface area contributed by atoms with Crippen molar-refractivity contribution >= 4 is 0 Å². The molecule has 9 atom stereocenters. The number of fused-ring (bicyclic) bond motifs is 5. The molecule has 4 aliphatic carbocycles. The van der Waals surface area contributed by atoms with Gasteiger partial charge in [-0.25, -0.2) is 0 Å². The van der Waals surface area contributed by atoms with Crippen molar-refractivity contribution in [3.63, 3.8) is 0 Å². The lowest BCUT2D eigenvalue weighted by Crippen LogP contribution is -2.52. The molecule has 0 amide bonds. The number of aliphatic hydroxyl groups is 1. The van der Waals surface area contributed by atoms with E-state index >= 15 is 0 Å². The number of hydrogen-bond acceptors (Lipinski definition) is 3. The van der Waals surface area contributed by atoms with Crippen molar-refractivity contribution in [2.45, 2.75) is 82.8 Å². The van der Waals surface area contributed by atoms with Crippen LogP contribution in [0.5, 0.6) is 0 Å². The molecule has 4 saturated carbocycles. The summed E-state index contributed by atoms with van der Waals surface area (Å²) in [7, 11) is 1.73. The van der Waals surface area contributed by atoms with Crippen molar-refractivity contribution in [2.24, 2.45) is 40.9 Å². The summed E-state index contributed by atoms with van der Waals surface area (Å²) in [4.78, 5) is 0. The van der Waals surface area contributed by atoms with Crippen LogP contribution in [0, 0.1) is 40.9 Å². The molecule has 0 aromatic heterocycles. The summed E-state index contributed by atoms with van der Waals surface area (Å²) in [5.74, 6) is 5.17. The zero-order valence-corrected chi connectivity index (χ0v) is 17.0. The van der Waals surface area contributed by atoms with Crippen LogP contribution >= 0.6 is 0 Å². The summed E-state index contributed by atoms with van der Waals surface area (Å²) >= 11 is 0. The van der Waals surface area contributed by atoms with Crippen LogP contribution in [0.3, 0.4) is 0 Å². The minimum atomic E-state index is -0.553. The molecule has 26 heavy (non-hydrogen) atoms. The Morgan fingerprint density at radius 1 is 0.962 bits per heavy atom. The van der Waals surface area contributed by atoms with Crippen LogP contribution in [0.15, 0.2) is 0 Å². The maximum absolute atomic E-state index is 10.9. The summed E-state index contributed by atoms with van der Waals surface area (Å²) in [6.07, 6.45) is 11.5. The monoisotopic (exact) mass is 362 g/mol. The fraction of sp³-hybridized carbons (Fsp3) is 1.00. The van der Waals surface area contributed by atoms with E-state index in [-0.39, 0.29) is 5.60 Å². The van der Waals surface area contributed by atoms with Crippen molar-refractivity contribution in [1.82, 2.24) is 0 Å². The second-order valence-electron chi connectivity index (χ2n) is 11.1. The zero-order valence-electron chi connectivity index (χ0n) is 17.0. The summed E-state index contributed by atoms with van der Waals surface area (Å²) in [6.45, 7) is 6.50. The molecule has 1 unspecified atom stereocenters.